The molecule has 19 heavy (non-hydrogen) atoms. The van der Waals surface area contributed by atoms with E-state index in [1.54, 1.807) is 11.8 Å². The number of anilines is 1. The van der Waals surface area contributed by atoms with Crippen LogP contribution in [0.15, 0.2) is 23.1 Å². The van der Waals surface area contributed by atoms with Gasteiger partial charge in [0.25, 0.3) is 0 Å². The first kappa shape index (κ1) is 14.2. The Labute approximate surface area is 117 Å². The molecule has 2 rings (SSSR count). The maximum atomic E-state index is 11.4. The van der Waals surface area contributed by atoms with Crippen molar-refractivity contribution in [2.24, 2.45) is 0 Å². The van der Waals surface area contributed by atoms with Crippen molar-refractivity contribution in [1.82, 2.24) is 0 Å². The van der Waals surface area contributed by atoms with Crippen molar-refractivity contribution in [1.29, 1.82) is 0 Å². The van der Waals surface area contributed by atoms with E-state index in [-0.39, 0.29) is 6.10 Å². The number of rotatable bonds is 6. The summed E-state index contributed by atoms with van der Waals surface area (Å²) in [6.07, 6.45) is 2.33. The molecule has 1 atom stereocenters. The summed E-state index contributed by atoms with van der Waals surface area (Å²) in [7, 11) is 0. The minimum atomic E-state index is -0.883. The average Bonchev–Trinajstić information content (AvgIpc) is 2.89. The second-order valence-corrected chi connectivity index (χ2v) is 5.74. The fourth-order valence-electron chi connectivity index (χ4n) is 2.20. The lowest BCUT2D eigenvalue weighted by molar-refractivity contribution is 0.0694. The molecule has 1 aliphatic heterocycles. The molecular weight excluding hydrogens is 262 g/mol. The minimum Gasteiger partial charge on any atom is -0.478 e. The molecule has 0 aliphatic carbocycles. The lowest BCUT2D eigenvalue weighted by Gasteiger charge is -2.15. The summed E-state index contributed by atoms with van der Waals surface area (Å²) in [6.45, 7) is 3.49. The predicted molar refractivity (Wildman–Crippen MR) is 77.3 cm³/mol. The summed E-state index contributed by atoms with van der Waals surface area (Å²) >= 11 is 1.55. The number of carbonyl (C=O) groups is 1. The van der Waals surface area contributed by atoms with E-state index in [0.717, 1.165) is 30.1 Å². The molecule has 1 heterocycles. The lowest BCUT2D eigenvalue weighted by Crippen LogP contribution is -2.20. The van der Waals surface area contributed by atoms with Crippen molar-refractivity contribution in [3.05, 3.63) is 23.8 Å². The second-order valence-electron chi connectivity index (χ2n) is 4.43. The van der Waals surface area contributed by atoms with Crippen molar-refractivity contribution in [2.75, 3.05) is 24.2 Å². The topological polar surface area (TPSA) is 58.6 Å². The number of aromatic carboxylic acids is 1. The highest BCUT2D eigenvalue weighted by molar-refractivity contribution is 7.99. The van der Waals surface area contributed by atoms with Crippen molar-refractivity contribution >= 4 is 23.4 Å². The highest BCUT2D eigenvalue weighted by Gasteiger charge is 2.18. The number of ether oxygens (including phenoxy) is 1. The van der Waals surface area contributed by atoms with Gasteiger partial charge in [0.1, 0.15) is 0 Å². The van der Waals surface area contributed by atoms with E-state index in [4.69, 9.17) is 4.74 Å². The summed E-state index contributed by atoms with van der Waals surface area (Å²) in [5.74, 6) is -0.0264. The molecule has 0 aromatic heterocycles. The van der Waals surface area contributed by atoms with Gasteiger partial charge >= 0.3 is 5.97 Å². The van der Waals surface area contributed by atoms with Crippen LogP contribution in [0.5, 0.6) is 0 Å². The number of carboxylic acids is 1. The Balaban J connectivity index is 2.13. The van der Waals surface area contributed by atoms with Gasteiger partial charge in [-0.25, -0.2) is 4.79 Å². The van der Waals surface area contributed by atoms with Crippen LogP contribution in [0, 0.1) is 0 Å². The highest BCUT2D eigenvalue weighted by Crippen LogP contribution is 2.29. The zero-order valence-electron chi connectivity index (χ0n) is 11.0. The molecule has 0 saturated carbocycles. The number of hydrogen-bond acceptors (Lipinski definition) is 4. The monoisotopic (exact) mass is 281 g/mol. The van der Waals surface area contributed by atoms with Crippen LogP contribution in [0.4, 0.5) is 5.69 Å². The first-order valence-corrected chi connectivity index (χ1v) is 7.55. The molecule has 1 aliphatic rings. The van der Waals surface area contributed by atoms with E-state index >= 15 is 0 Å². The Morgan fingerprint density at radius 3 is 3.05 bits per heavy atom. The third kappa shape index (κ3) is 3.64. The van der Waals surface area contributed by atoms with Crippen LogP contribution in [0.2, 0.25) is 0 Å². The van der Waals surface area contributed by atoms with E-state index in [0.29, 0.717) is 17.8 Å². The van der Waals surface area contributed by atoms with Crippen LogP contribution in [-0.4, -0.2) is 36.1 Å². The zero-order chi connectivity index (χ0) is 13.7. The molecule has 2 N–H and O–H groups in total. The van der Waals surface area contributed by atoms with Gasteiger partial charge in [0, 0.05) is 23.7 Å². The molecule has 0 amide bonds. The summed E-state index contributed by atoms with van der Waals surface area (Å²) in [5.41, 5.74) is 1.05. The van der Waals surface area contributed by atoms with Gasteiger partial charge in [-0.15, -0.1) is 11.8 Å². The first-order valence-electron chi connectivity index (χ1n) is 6.57. The molecule has 5 heteroatoms. The predicted octanol–water partition coefficient (Wildman–Crippen LogP) is 3.09. The first-order chi connectivity index (χ1) is 9.22. The van der Waals surface area contributed by atoms with Crippen molar-refractivity contribution in [3.63, 3.8) is 0 Å². The molecule has 1 unspecified atom stereocenters. The Kier molecular flexibility index (Phi) is 5.10. The molecule has 1 saturated heterocycles. The summed E-state index contributed by atoms with van der Waals surface area (Å²) in [5, 5.41) is 12.6. The molecule has 1 fully saturated rings. The third-order valence-electron chi connectivity index (χ3n) is 3.08. The zero-order valence-corrected chi connectivity index (χ0v) is 11.8. The Morgan fingerprint density at radius 2 is 2.42 bits per heavy atom. The van der Waals surface area contributed by atoms with Gasteiger partial charge in [0.15, 0.2) is 0 Å². The largest absolute Gasteiger partial charge is 0.478 e. The van der Waals surface area contributed by atoms with Crippen LogP contribution < -0.4 is 5.32 Å². The van der Waals surface area contributed by atoms with E-state index in [1.807, 2.05) is 25.1 Å². The van der Waals surface area contributed by atoms with E-state index in [9.17, 15) is 9.90 Å². The van der Waals surface area contributed by atoms with Crippen molar-refractivity contribution in [3.8, 4) is 0 Å². The maximum Gasteiger partial charge on any atom is 0.338 e. The molecule has 0 radical (unpaired) electrons. The molecular formula is C14H19NO3S. The van der Waals surface area contributed by atoms with Gasteiger partial charge in [0.2, 0.25) is 0 Å². The minimum absolute atomic E-state index is 0.198. The molecule has 4 nitrogen and oxygen atoms in total. The highest BCUT2D eigenvalue weighted by atomic mass is 32.2. The summed E-state index contributed by atoms with van der Waals surface area (Å²) < 4.78 is 5.54. The number of hydrogen-bond donors (Lipinski definition) is 2. The fraction of sp³-hybridized carbons (Fsp3) is 0.500. The van der Waals surface area contributed by atoms with Crippen molar-refractivity contribution < 1.29 is 14.6 Å². The Bertz CT molecular complexity index is 444. The van der Waals surface area contributed by atoms with Gasteiger partial charge in [-0.3, -0.25) is 0 Å². The Morgan fingerprint density at radius 1 is 1.58 bits per heavy atom. The van der Waals surface area contributed by atoms with Gasteiger partial charge < -0.3 is 15.2 Å². The second kappa shape index (κ2) is 6.82. The number of carboxylic acid groups (broad SMARTS) is 1. The van der Waals surface area contributed by atoms with Gasteiger partial charge in [0.05, 0.1) is 11.7 Å². The maximum absolute atomic E-state index is 11.4. The van der Waals surface area contributed by atoms with E-state index in [1.165, 1.54) is 0 Å². The normalized spacial score (nSPS) is 18.5. The molecule has 0 spiro atoms. The fourth-order valence-corrected chi connectivity index (χ4v) is 3.03. The number of benzene rings is 1. The third-order valence-corrected chi connectivity index (χ3v) is 4.02. The van der Waals surface area contributed by atoms with Crippen LogP contribution in [0.1, 0.15) is 30.1 Å². The smallest absolute Gasteiger partial charge is 0.338 e. The SMILES string of the molecule is CCSc1cccc(NCC2CCCO2)c1C(=O)O. The van der Waals surface area contributed by atoms with Crippen LogP contribution in [-0.2, 0) is 4.74 Å². The van der Waals surface area contributed by atoms with E-state index < -0.39 is 5.97 Å². The van der Waals surface area contributed by atoms with Gasteiger partial charge in [-0.2, -0.15) is 0 Å². The summed E-state index contributed by atoms with van der Waals surface area (Å²) in [6, 6.07) is 5.56. The van der Waals surface area contributed by atoms with Gasteiger partial charge in [-0.1, -0.05) is 13.0 Å². The molecule has 1 aromatic carbocycles. The van der Waals surface area contributed by atoms with Crippen LogP contribution in [0.3, 0.4) is 0 Å². The van der Waals surface area contributed by atoms with Crippen LogP contribution >= 0.6 is 11.8 Å². The number of nitrogens with one attached hydrogen (secondary N) is 1. The lowest BCUT2D eigenvalue weighted by atomic mass is 10.1. The van der Waals surface area contributed by atoms with Gasteiger partial charge in [-0.05, 0) is 30.7 Å². The number of thioether (sulfide) groups is 1. The van der Waals surface area contributed by atoms with Crippen molar-refractivity contribution in [2.45, 2.75) is 30.8 Å². The average molecular weight is 281 g/mol. The molecule has 0 bridgehead atoms. The summed E-state index contributed by atoms with van der Waals surface area (Å²) in [4.78, 5) is 12.2. The Hall–Kier alpha value is -1.20. The quantitative estimate of drug-likeness (QED) is 0.785. The molecule has 104 valence electrons. The standard InChI is InChI=1S/C14H19NO3S/c1-2-19-12-7-3-6-11(13(12)14(16)17)15-9-10-5-4-8-18-10/h3,6-7,10,15H,2,4-5,8-9H2,1H3,(H,16,17). The molecule has 1 aromatic rings. The van der Waals surface area contributed by atoms with Crippen LogP contribution in [0.25, 0.3) is 0 Å². The van der Waals surface area contributed by atoms with E-state index in [2.05, 4.69) is 5.32 Å².